The second kappa shape index (κ2) is 13.6. The summed E-state index contributed by atoms with van der Waals surface area (Å²) >= 11 is 0. The van der Waals surface area contributed by atoms with E-state index in [9.17, 15) is 19.2 Å². The number of likely N-dealkylation sites (N-methyl/N-ethyl adjacent to an activating group) is 1. The maximum atomic E-state index is 14.6. The Kier molecular flexibility index (Phi) is 9.37. The molecular weight excluding hydrogens is 582 g/mol. The maximum absolute atomic E-state index is 14.6. The number of nitrogens with two attached hydrogens (primary N) is 1. The van der Waals surface area contributed by atoms with E-state index >= 15 is 0 Å². The molecule has 0 bridgehead atoms. The highest BCUT2D eigenvalue weighted by Gasteiger charge is 2.26. The predicted molar refractivity (Wildman–Crippen MR) is 179 cm³/mol. The Labute approximate surface area is 267 Å². The lowest BCUT2D eigenvalue weighted by molar-refractivity contribution is -0.126. The molecule has 2 N–H and O–H groups in total. The largest absolute Gasteiger partial charge is 0.497 e. The zero-order valence-corrected chi connectivity index (χ0v) is 26.4. The van der Waals surface area contributed by atoms with E-state index in [1.165, 1.54) is 11.6 Å². The van der Waals surface area contributed by atoms with Gasteiger partial charge in [0.1, 0.15) is 5.75 Å². The summed E-state index contributed by atoms with van der Waals surface area (Å²) in [6, 6.07) is 26.2. The van der Waals surface area contributed by atoms with Gasteiger partial charge in [-0.2, -0.15) is 0 Å². The second-order valence-electron chi connectivity index (χ2n) is 10.9. The highest BCUT2D eigenvalue weighted by molar-refractivity contribution is 6.16. The van der Waals surface area contributed by atoms with Crippen molar-refractivity contribution in [2.24, 2.45) is 5.73 Å². The van der Waals surface area contributed by atoms with Crippen LogP contribution in [-0.4, -0.2) is 59.0 Å². The number of fused-ring (bicyclic) bond motifs is 1. The van der Waals surface area contributed by atoms with Crippen molar-refractivity contribution in [1.82, 2.24) is 14.0 Å². The maximum Gasteiger partial charge on any atom is 0.334 e. The van der Waals surface area contributed by atoms with Crippen molar-refractivity contribution < 1.29 is 19.1 Å². The van der Waals surface area contributed by atoms with Crippen LogP contribution in [0.3, 0.4) is 0 Å². The van der Waals surface area contributed by atoms with E-state index in [0.717, 1.165) is 29.2 Å². The van der Waals surface area contributed by atoms with Gasteiger partial charge in [0.15, 0.2) is 5.78 Å². The molecule has 0 saturated carbocycles. The van der Waals surface area contributed by atoms with Crippen LogP contribution in [0.2, 0.25) is 0 Å². The number of imidazole rings is 1. The highest BCUT2D eigenvalue weighted by atomic mass is 16.5. The highest BCUT2D eigenvalue weighted by Crippen LogP contribution is 2.30. The number of hydrogen-bond acceptors (Lipinski definition) is 6. The number of carbonyl (C=O) groups excluding carboxylic acids is 3. The quantitative estimate of drug-likeness (QED) is 0.208. The summed E-state index contributed by atoms with van der Waals surface area (Å²) in [5.74, 6) is -0.197. The number of carbonyl (C=O) groups is 3. The molecule has 4 aromatic carbocycles. The molecule has 10 heteroatoms. The van der Waals surface area contributed by atoms with Gasteiger partial charge in [0, 0.05) is 37.0 Å². The molecule has 0 aliphatic carbocycles. The summed E-state index contributed by atoms with van der Waals surface area (Å²) in [6.45, 7) is 5.93. The van der Waals surface area contributed by atoms with E-state index in [1.807, 2.05) is 54.6 Å². The van der Waals surface area contributed by atoms with Crippen molar-refractivity contribution in [2.75, 3.05) is 32.1 Å². The van der Waals surface area contributed by atoms with Crippen LogP contribution < -0.4 is 21.1 Å². The molecule has 0 fully saturated rings. The van der Waals surface area contributed by atoms with Crippen LogP contribution >= 0.6 is 0 Å². The van der Waals surface area contributed by atoms with Crippen molar-refractivity contribution in [3.05, 3.63) is 124 Å². The van der Waals surface area contributed by atoms with E-state index in [-0.39, 0.29) is 18.7 Å². The Hall–Kier alpha value is -5.64. The molecule has 1 aromatic heterocycles. The fraction of sp³-hybridized carbons (Fsp3) is 0.222. The van der Waals surface area contributed by atoms with Crippen LogP contribution in [0.25, 0.3) is 16.7 Å². The van der Waals surface area contributed by atoms with Gasteiger partial charge in [0.25, 0.3) is 0 Å². The van der Waals surface area contributed by atoms with Crippen molar-refractivity contribution in [2.45, 2.75) is 26.8 Å². The number of nitrogens with zero attached hydrogens (tertiary/aromatic N) is 4. The molecule has 0 radical (unpaired) electrons. The number of rotatable bonds is 11. The fourth-order valence-electron chi connectivity index (χ4n) is 5.68. The molecule has 236 valence electrons. The van der Waals surface area contributed by atoms with Crippen molar-refractivity contribution in [3.63, 3.8) is 0 Å². The first-order valence-electron chi connectivity index (χ1n) is 15.1. The Morgan fingerprint density at radius 3 is 2.17 bits per heavy atom. The monoisotopic (exact) mass is 619 g/mol. The number of ether oxygens (including phenoxy) is 1. The number of methoxy groups -OCH3 is 1. The van der Waals surface area contributed by atoms with Gasteiger partial charge in [-0.3, -0.25) is 23.6 Å². The summed E-state index contributed by atoms with van der Waals surface area (Å²) in [5, 5.41) is 0. The average molecular weight is 620 g/mol. The van der Waals surface area contributed by atoms with Crippen LogP contribution in [0, 0.1) is 0 Å². The molecule has 10 nitrogen and oxygen atoms in total. The number of urea groups is 1. The van der Waals surface area contributed by atoms with Crippen molar-refractivity contribution in [1.29, 1.82) is 0 Å². The molecule has 3 amide bonds. The Balaban J connectivity index is 1.83. The summed E-state index contributed by atoms with van der Waals surface area (Å²) < 4.78 is 8.52. The first kappa shape index (κ1) is 31.8. The Morgan fingerprint density at radius 1 is 0.848 bits per heavy atom. The molecule has 0 aliphatic heterocycles. The first-order valence-corrected chi connectivity index (χ1v) is 15.1. The smallest absolute Gasteiger partial charge is 0.334 e. The lowest BCUT2D eigenvalue weighted by atomic mass is 9.98. The molecule has 1 heterocycles. The molecule has 5 rings (SSSR count). The Bertz CT molecular complexity index is 1960. The molecule has 46 heavy (non-hydrogen) atoms. The summed E-state index contributed by atoms with van der Waals surface area (Å²) in [6.07, 6.45) is -0.224. The number of hydrogen-bond donors (Lipinski definition) is 1. The van der Waals surface area contributed by atoms with Crippen LogP contribution in [-0.2, 0) is 17.8 Å². The van der Waals surface area contributed by atoms with E-state index in [2.05, 4.69) is 18.7 Å². The molecule has 5 aromatic rings. The number of anilines is 1. The second-order valence-corrected chi connectivity index (χ2v) is 10.9. The van der Waals surface area contributed by atoms with Crippen LogP contribution in [0.4, 0.5) is 10.5 Å². The van der Waals surface area contributed by atoms with Crippen LogP contribution in [0.5, 0.6) is 5.75 Å². The summed E-state index contributed by atoms with van der Waals surface area (Å²) in [4.78, 5) is 56.7. The van der Waals surface area contributed by atoms with Gasteiger partial charge >= 0.3 is 11.7 Å². The SMILES string of the molecule is CCN(CC)c1ccc(-n2c(=O)n(Cc3cccc(OC)c3)c3c(CC(=O)N(C)C(N)=O)ccc(C(=O)c4ccccc4)c32)cc1. The minimum atomic E-state index is -0.892. The third-order valence-corrected chi connectivity index (χ3v) is 8.19. The molecule has 0 spiro atoms. The molecule has 0 saturated heterocycles. The molecular formula is C36H37N5O5. The number of benzene rings is 4. The van der Waals surface area contributed by atoms with E-state index in [4.69, 9.17) is 10.5 Å². The van der Waals surface area contributed by atoms with Gasteiger partial charge < -0.3 is 15.4 Å². The van der Waals surface area contributed by atoms with Crippen LogP contribution in [0.15, 0.2) is 95.8 Å². The van der Waals surface area contributed by atoms with Gasteiger partial charge in [0.05, 0.1) is 36.8 Å². The lowest BCUT2D eigenvalue weighted by Gasteiger charge is -2.21. The topological polar surface area (TPSA) is 120 Å². The molecule has 0 atom stereocenters. The standard InChI is InChI=1S/C36H37N5O5/c1-5-39(6-2)27-16-18-28(19-17-27)41-33-30(34(43)25-12-8-7-9-13-25)20-15-26(22-31(42)38(3)35(37)44)32(33)40(36(41)45)23-24-11-10-14-29(21-24)46-4/h7-21H,5-6,22-23H2,1-4H3,(H2,37,44). The fourth-order valence-corrected chi connectivity index (χ4v) is 5.68. The number of imide groups is 1. The minimum absolute atomic E-state index is 0.132. The molecule has 0 unspecified atom stereocenters. The number of amides is 3. The zero-order valence-electron chi connectivity index (χ0n) is 26.4. The third-order valence-electron chi connectivity index (χ3n) is 8.19. The van der Waals surface area contributed by atoms with Crippen molar-refractivity contribution >= 4 is 34.4 Å². The minimum Gasteiger partial charge on any atom is -0.497 e. The lowest BCUT2D eigenvalue weighted by Crippen LogP contribution is -2.38. The van der Waals surface area contributed by atoms with Gasteiger partial charge in [-0.15, -0.1) is 0 Å². The normalized spacial score (nSPS) is 11.0. The van der Waals surface area contributed by atoms with E-state index in [0.29, 0.717) is 39.2 Å². The van der Waals surface area contributed by atoms with Crippen molar-refractivity contribution in [3.8, 4) is 11.4 Å². The van der Waals surface area contributed by atoms with Crippen LogP contribution in [0.1, 0.15) is 40.9 Å². The van der Waals surface area contributed by atoms with Gasteiger partial charge in [0.2, 0.25) is 5.91 Å². The van der Waals surface area contributed by atoms with Gasteiger partial charge in [-0.25, -0.2) is 9.59 Å². The van der Waals surface area contributed by atoms with Gasteiger partial charge in [-0.05, 0) is 67.4 Å². The predicted octanol–water partition coefficient (Wildman–Crippen LogP) is 5.01. The molecule has 0 aliphatic rings. The van der Waals surface area contributed by atoms with E-state index < -0.39 is 17.6 Å². The zero-order chi connectivity index (χ0) is 33.0. The number of ketones is 1. The summed E-state index contributed by atoms with van der Waals surface area (Å²) in [7, 11) is 2.88. The van der Waals surface area contributed by atoms with E-state index in [1.54, 1.807) is 48.1 Å². The van der Waals surface area contributed by atoms with Gasteiger partial charge in [-0.1, -0.05) is 48.5 Å². The third kappa shape index (κ3) is 6.14. The average Bonchev–Trinajstić information content (AvgIpc) is 3.37. The first-order chi connectivity index (χ1) is 22.2. The number of primary amides is 1. The number of aromatic nitrogens is 2. The Morgan fingerprint density at radius 2 is 1.54 bits per heavy atom. The summed E-state index contributed by atoms with van der Waals surface area (Å²) in [5.41, 5.74) is 9.36.